The van der Waals surface area contributed by atoms with Crippen LogP contribution >= 0.6 is 11.3 Å². The number of nitrogens with zero attached hydrogens (tertiary/aromatic N) is 2. The molecule has 4 aromatic rings. The lowest BCUT2D eigenvalue weighted by Crippen LogP contribution is -2.37. The van der Waals surface area contributed by atoms with Crippen LogP contribution in [0.2, 0.25) is 0 Å². The summed E-state index contributed by atoms with van der Waals surface area (Å²) in [5.41, 5.74) is 7.73. The van der Waals surface area contributed by atoms with E-state index >= 15 is 0 Å². The van der Waals surface area contributed by atoms with E-state index < -0.39 is 6.04 Å². The Balaban J connectivity index is 1.40. The number of thiazole rings is 1. The standard InChI is InChI=1S/C19H17N5O2S/c20-15(18(25)24-19-23-9-10-27-19)11-12-1-3-13(4-2-12)26-16-6-8-22-17-14(16)5-7-21-17/h1-10,15H,11,20H2,(H,21,22)(H,23,24,25)/t15-/m0/s1. The van der Waals surface area contributed by atoms with Crippen LogP contribution in [-0.4, -0.2) is 26.9 Å². The molecule has 0 radical (unpaired) electrons. The number of nitrogens with two attached hydrogens (primary N) is 1. The van der Waals surface area contributed by atoms with E-state index in [2.05, 4.69) is 20.3 Å². The molecule has 0 aliphatic heterocycles. The molecule has 4 N–H and O–H groups in total. The van der Waals surface area contributed by atoms with Crippen molar-refractivity contribution in [1.82, 2.24) is 15.0 Å². The first-order valence-electron chi connectivity index (χ1n) is 8.34. The lowest BCUT2D eigenvalue weighted by atomic mass is 10.1. The smallest absolute Gasteiger partial charge is 0.243 e. The van der Waals surface area contributed by atoms with E-state index in [1.165, 1.54) is 11.3 Å². The minimum Gasteiger partial charge on any atom is -0.457 e. The van der Waals surface area contributed by atoms with Crippen molar-refractivity contribution >= 4 is 33.4 Å². The Morgan fingerprint density at radius 2 is 2.04 bits per heavy atom. The Kier molecular flexibility index (Phi) is 4.82. The van der Waals surface area contributed by atoms with Gasteiger partial charge in [-0.25, -0.2) is 9.97 Å². The van der Waals surface area contributed by atoms with Gasteiger partial charge < -0.3 is 20.8 Å². The summed E-state index contributed by atoms with van der Waals surface area (Å²) in [5.74, 6) is 1.18. The summed E-state index contributed by atoms with van der Waals surface area (Å²) in [6.45, 7) is 0. The van der Waals surface area contributed by atoms with Gasteiger partial charge in [0.05, 0.1) is 11.4 Å². The lowest BCUT2D eigenvalue weighted by Gasteiger charge is -2.12. The Morgan fingerprint density at radius 1 is 1.19 bits per heavy atom. The van der Waals surface area contributed by atoms with E-state index in [4.69, 9.17) is 10.5 Å². The molecular weight excluding hydrogens is 362 g/mol. The van der Waals surface area contributed by atoms with E-state index in [0.29, 0.717) is 17.3 Å². The van der Waals surface area contributed by atoms with Crippen LogP contribution in [0.3, 0.4) is 0 Å². The molecule has 7 nitrogen and oxygen atoms in total. The Morgan fingerprint density at radius 3 is 2.81 bits per heavy atom. The van der Waals surface area contributed by atoms with Crippen molar-refractivity contribution in [1.29, 1.82) is 0 Å². The van der Waals surface area contributed by atoms with Crippen LogP contribution in [0.5, 0.6) is 11.5 Å². The quantitative estimate of drug-likeness (QED) is 0.476. The number of carbonyl (C=O) groups excluding carboxylic acids is 1. The number of hydrogen-bond donors (Lipinski definition) is 3. The van der Waals surface area contributed by atoms with Crippen molar-refractivity contribution in [2.45, 2.75) is 12.5 Å². The number of anilines is 1. The summed E-state index contributed by atoms with van der Waals surface area (Å²) in [6, 6.07) is 10.6. The molecule has 0 unspecified atom stereocenters. The van der Waals surface area contributed by atoms with Crippen LogP contribution in [0.25, 0.3) is 11.0 Å². The zero-order valence-electron chi connectivity index (χ0n) is 14.3. The van der Waals surface area contributed by atoms with Crippen LogP contribution < -0.4 is 15.8 Å². The first kappa shape index (κ1) is 17.2. The van der Waals surface area contributed by atoms with Gasteiger partial charge in [0.25, 0.3) is 0 Å². The molecule has 0 fully saturated rings. The number of benzene rings is 1. The second-order valence-electron chi connectivity index (χ2n) is 5.93. The van der Waals surface area contributed by atoms with Gasteiger partial charge in [-0.3, -0.25) is 4.79 Å². The fourth-order valence-electron chi connectivity index (χ4n) is 2.67. The molecule has 0 saturated heterocycles. The maximum absolute atomic E-state index is 12.1. The number of H-pyrrole nitrogens is 1. The maximum Gasteiger partial charge on any atom is 0.243 e. The second-order valence-corrected chi connectivity index (χ2v) is 6.83. The third kappa shape index (κ3) is 3.97. The lowest BCUT2D eigenvalue weighted by molar-refractivity contribution is -0.117. The number of carbonyl (C=O) groups is 1. The van der Waals surface area contributed by atoms with E-state index in [0.717, 1.165) is 22.3 Å². The molecular formula is C19H17N5O2S. The van der Waals surface area contributed by atoms with Crippen LogP contribution in [0.1, 0.15) is 5.56 Å². The predicted molar refractivity (Wildman–Crippen MR) is 105 cm³/mol. The van der Waals surface area contributed by atoms with Crippen molar-refractivity contribution in [3.63, 3.8) is 0 Å². The van der Waals surface area contributed by atoms with Crippen molar-refractivity contribution in [2.24, 2.45) is 5.73 Å². The Bertz CT molecular complexity index is 1040. The highest BCUT2D eigenvalue weighted by atomic mass is 32.1. The van der Waals surface area contributed by atoms with Gasteiger partial charge >= 0.3 is 0 Å². The number of hydrogen-bond acceptors (Lipinski definition) is 6. The van der Waals surface area contributed by atoms with Gasteiger partial charge in [-0.05, 0) is 36.2 Å². The fourth-order valence-corrected chi connectivity index (χ4v) is 3.21. The number of rotatable bonds is 6. The third-order valence-electron chi connectivity index (χ3n) is 4.03. The summed E-state index contributed by atoms with van der Waals surface area (Å²) >= 11 is 1.36. The predicted octanol–water partition coefficient (Wildman–Crippen LogP) is 3.32. The second kappa shape index (κ2) is 7.56. The summed E-state index contributed by atoms with van der Waals surface area (Å²) in [6.07, 6.45) is 5.58. The molecule has 0 aliphatic rings. The molecule has 0 bridgehead atoms. The van der Waals surface area contributed by atoms with Gasteiger partial charge in [0, 0.05) is 24.0 Å². The minimum absolute atomic E-state index is 0.253. The van der Waals surface area contributed by atoms with Crippen molar-refractivity contribution < 1.29 is 9.53 Å². The molecule has 3 heterocycles. The third-order valence-corrected chi connectivity index (χ3v) is 4.71. The number of ether oxygens (including phenoxy) is 1. The molecule has 1 atom stereocenters. The van der Waals surface area contributed by atoms with Crippen LogP contribution in [0.4, 0.5) is 5.13 Å². The summed E-state index contributed by atoms with van der Waals surface area (Å²) < 4.78 is 5.95. The van der Waals surface area contributed by atoms with Crippen molar-refractivity contribution in [3.05, 3.63) is 65.9 Å². The van der Waals surface area contributed by atoms with Crippen LogP contribution in [-0.2, 0) is 11.2 Å². The fraction of sp³-hybridized carbons (Fsp3) is 0.105. The van der Waals surface area contributed by atoms with E-state index in [-0.39, 0.29) is 5.91 Å². The maximum atomic E-state index is 12.1. The molecule has 8 heteroatoms. The Hall–Kier alpha value is -3.23. The van der Waals surface area contributed by atoms with Gasteiger partial charge in [-0.15, -0.1) is 11.3 Å². The number of amides is 1. The summed E-state index contributed by atoms with van der Waals surface area (Å²) in [4.78, 5) is 23.4. The molecule has 0 spiro atoms. The van der Waals surface area contributed by atoms with Crippen molar-refractivity contribution in [2.75, 3.05) is 5.32 Å². The first-order chi connectivity index (χ1) is 13.2. The monoisotopic (exact) mass is 379 g/mol. The highest BCUT2D eigenvalue weighted by molar-refractivity contribution is 7.13. The van der Waals surface area contributed by atoms with Gasteiger partial charge in [0.2, 0.25) is 5.91 Å². The first-order valence-corrected chi connectivity index (χ1v) is 9.22. The molecule has 0 aliphatic carbocycles. The zero-order chi connectivity index (χ0) is 18.6. The normalized spacial score (nSPS) is 12.0. The number of aromatic amines is 1. The molecule has 0 saturated carbocycles. The van der Waals surface area contributed by atoms with E-state index in [9.17, 15) is 4.79 Å². The number of pyridine rings is 1. The Labute approximate surface area is 159 Å². The van der Waals surface area contributed by atoms with Crippen LogP contribution in [0, 0.1) is 0 Å². The molecule has 1 aromatic carbocycles. The molecule has 136 valence electrons. The van der Waals surface area contributed by atoms with Crippen LogP contribution in [0.15, 0.2) is 60.4 Å². The van der Waals surface area contributed by atoms with Gasteiger partial charge in [-0.2, -0.15) is 0 Å². The molecule has 1 amide bonds. The average Bonchev–Trinajstić information content (AvgIpc) is 3.35. The average molecular weight is 379 g/mol. The van der Waals surface area contributed by atoms with Gasteiger partial charge in [0.15, 0.2) is 5.13 Å². The highest BCUT2D eigenvalue weighted by Crippen LogP contribution is 2.28. The minimum atomic E-state index is -0.652. The summed E-state index contributed by atoms with van der Waals surface area (Å²) in [7, 11) is 0. The van der Waals surface area contributed by atoms with Crippen molar-refractivity contribution in [3.8, 4) is 11.5 Å². The number of fused-ring (bicyclic) bond motifs is 1. The number of aromatic nitrogens is 3. The van der Waals surface area contributed by atoms with Gasteiger partial charge in [0.1, 0.15) is 17.1 Å². The summed E-state index contributed by atoms with van der Waals surface area (Å²) in [5, 5.41) is 5.97. The molecule has 27 heavy (non-hydrogen) atoms. The SMILES string of the molecule is N[C@@H](Cc1ccc(Oc2ccnc3[nH]ccc23)cc1)C(=O)Nc1nccs1. The molecule has 4 rings (SSSR count). The largest absolute Gasteiger partial charge is 0.457 e. The number of nitrogens with one attached hydrogen (secondary N) is 2. The molecule has 3 aromatic heterocycles. The van der Waals surface area contributed by atoms with E-state index in [1.807, 2.05) is 42.6 Å². The highest BCUT2D eigenvalue weighted by Gasteiger charge is 2.15. The van der Waals surface area contributed by atoms with E-state index in [1.54, 1.807) is 17.8 Å². The topological polar surface area (TPSA) is 106 Å². The zero-order valence-corrected chi connectivity index (χ0v) is 15.1. The van der Waals surface area contributed by atoms with Gasteiger partial charge in [-0.1, -0.05) is 12.1 Å².